The Morgan fingerprint density at radius 2 is 1.93 bits per heavy atom. The summed E-state index contributed by atoms with van der Waals surface area (Å²) in [5.41, 5.74) is 1.60. The van der Waals surface area contributed by atoms with Gasteiger partial charge in [-0.2, -0.15) is 0 Å². The lowest BCUT2D eigenvalue weighted by Crippen LogP contribution is -2.54. The monoisotopic (exact) mass is 404 g/mol. The highest BCUT2D eigenvalue weighted by Crippen LogP contribution is 2.67. The summed E-state index contributed by atoms with van der Waals surface area (Å²) < 4.78 is 5.85. The maximum atomic E-state index is 10.8. The molecular formula is C26H44O3. The van der Waals surface area contributed by atoms with Crippen LogP contribution in [0.1, 0.15) is 85.0 Å². The molecule has 2 N–H and O–H groups in total. The fourth-order valence-corrected chi connectivity index (χ4v) is 8.73. The molecule has 0 aromatic carbocycles. The van der Waals surface area contributed by atoms with E-state index >= 15 is 0 Å². The standard InChI is InChI=1S/C26H44O3/c1-18(6-5-15-27)21-9-10-22-20-8-7-19-16-24(2,28)13-14-26(19,17-29-4)23(20)11-12-25(21,22)3/h7,18,20-23,27-28H,5-6,8-17H2,1-4H3/t18-,20+,21-,22+,23+,24+,25-,26-/m1/s1. The van der Waals surface area contributed by atoms with Crippen molar-refractivity contribution in [3.8, 4) is 0 Å². The molecule has 29 heavy (non-hydrogen) atoms. The molecule has 3 heteroatoms. The van der Waals surface area contributed by atoms with Gasteiger partial charge in [-0.25, -0.2) is 0 Å². The van der Waals surface area contributed by atoms with Crippen LogP contribution in [0.2, 0.25) is 0 Å². The summed E-state index contributed by atoms with van der Waals surface area (Å²) in [6, 6.07) is 0. The summed E-state index contributed by atoms with van der Waals surface area (Å²) in [5, 5.41) is 20.0. The molecule has 0 heterocycles. The zero-order chi connectivity index (χ0) is 20.9. The summed E-state index contributed by atoms with van der Waals surface area (Å²) in [7, 11) is 1.87. The van der Waals surface area contributed by atoms with Crippen LogP contribution in [0.25, 0.3) is 0 Å². The third kappa shape index (κ3) is 3.53. The Morgan fingerprint density at radius 1 is 1.14 bits per heavy atom. The van der Waals surface area contributed by atoms with Crippen LogP contribution in [-0.4, -0.2) is 36.1 Å². The smallest absolute Gasteiger partial charge is 0.0657 e. The molecule has 8 atom stereocenters. The van der Waals surface area contributed by atoms with E-state index in [-0.39, 0.29) is 5.41 Å². The molecule has 3 fully saturated rings. The van der Waals surface area contributed by atoms with Crippen molar-refractivity contribution in [2.45, 2.75) is 90.6 Å². The van der Waals surface area contributed by atoms with E-state index in [4.69, 9.17) is 4.74 Å². The first-order valence-electron chi connectivity index (χ1n) is 12.3. The summed E-state index contributed by atoms with van der Waals surface area (Å²) in [5.74, 6) is 3.88. The predicted molar refractivity (Wildman–Crippen MR) is 118 cm³/mol. The number of aliphatic hydroxyl groups is 2. The molecule has 0 radical (unpaired) electrons. The van der Waals surface area contributed by atoms with Gasteiger partial charge in [-0.3, -0.25) is 0 Å². The minimum Gasteiger partial charge on any atom is -0.396 e. The van der Waals surface area contributed by atoms with E-state index in [2.05, 4.69) is 19.9 Å². The number of rotatable bonds is 6. The van der Waals surface area contributed by atoms with Crippen molar-refractivity contribution >= 4 is 0 Å². The third-order valence-electron chi connectivity index (χ3n) is 10.1. The van der Waals surface area contributed by atoms with Crippen LogP contribution in [0.5, 0.6) is 0 Å². The minimum absolute atomic E-state index is 0.168. The van der Waals surface area contributed by atoms with Crippen LogP contribution in [-0.2, 0) is 4.74 Å². The first-order valence-corrected chi connectivity index (χ1v) is 12.3. The van der Waals surface area contributed by atoms with Gasteiger partial charge in [-0.15, -0.1) is 0 Å². The topological polar surface area (TPSA) is 49.7 Å². The van der Waals surface area contributed by atoms with Gasteiger partial charge in [0.2, 0.25) is 0 Å². The Hall–Kier alpha value is -0.380. The molecule has 4 aliphatic carbocycles. The summed E-state index contributed by atoms with van der Waals surface area (Å²) in [6.45, 7) is 8.22. The lowest BCUT2D eigenvalue weighted by molar-refractivity contribution is -0.0975. The van der Waals surface area contributed by atoms with Gasteiger partial charge in [-0.1, -0.05) is 25.5 Å². The second kappa shape index (κ2) is 7.95. The van der Waals surface area contributed by atoms with E-state index in [1.165, 1.54) is 44.1 Å². The summed E-state index contributed by atoms with van der Waals surface area (Å²) in [4.78, 5) is 0. The first-order chi connectivity index (χ1) is 13.8. The van der Waals surface area contributed by atoms with Crippen molar-refractivity contribution in [3.05, 3.63) is 11.6 Å². The van der Waals surface area contributed by atoms with Crippen LogP contribution in [0.15, 0.2) is 11.6 Å². The van der Waals surface area contributed by atoms with Crippen molar-refractivity contribution in [2.24, 2.45) is 40.4 Å². The van der Waals surface area contributed by atoms with E-state index in [1.807, 2.05) is 14.0 Å². The van der Waals surface area contributed by atoms with E-state index in [9.17, 15) is 10.2 Å². The van der Waals surface area contributed by atoms with Gasteiger partial charge < -0.3 is 14.9 Å². The Morgan fingerprint density at radius 3 is 2.66 bits per heavy atom. The molecule has 0 aliphatic heterocycles. The number of ether oxygens (including phenoxy) is 1. The lowest BCUT2D eigenvalue weighted by Gasteiger charge is -2.60. The number of allylic oxidation sites excluding steroid dienone is 1. The van der Waals surface area contributed by atoms with E-state index in [0.717, 1.165) is 61.9 Å². The highest BCUT2D eigenvalue weighted by atomic mass is 16.5. The summed E-state index contributed by atoms with van der Waals surface area (Å²) >= 11 is 0. The Bertz CT molecular complexity index is 625. The number of aliphatic hydroxyl groups excluding tert-OH is 1. The minimum atomic E-state index is -0.542. The van der Waals surface area contributed by atoms with Crippen molar-refractivity contribution in [1.29, 1.82) is 0 Å². The quantitative estimate of drug-likeness (QED) is 0.587. The summed E-state index contributed by atoms with van der Waals surface area (Å²) in [6.07, 6.45) is 14.1. The largest absolute Gasteiger partial charge is 0.396 e. The molecule has 4 rings (SSSR count). The van der Waals surface area contributed by atoms with Crippen LogP contribution in [0.4, 0.5) is 0 Å². The molecule has 3 nitrogen and oxygen atoms in total. The van der Waals surface area contributed by atoms with Crippen LogP contribution in [0, 0.1) is 40.4 Å². The predicted octanol–water partition coefficient (Wildman–Crippen LogP) is 5.35. The van der Waals surface area contributed by atoms with Gasteiger partial charge in [0, 0.05) is 19.1 Å². The van der Waals surface area contributed by atoms with Crippen LogP contribution >= 0.6 is 0 Å². The molecular weight excluding hydrogens is 360 g/mol. The highest BCUT2D eigenvalue weighted by Gasteiger charge is 2.60. The van der Waals surface area contributed by atoms with Crippen LogP contribution in [0.3, 0.4) is 0 Å². The Labute approximate surface area is 178 Å². The second-order valence-electron chi connectivity index (χ2n) is 11.7. The molecule has 0 aromatic heterocycles. The van der Waals surface area contributed by atoms with Gasteiger partial charge >= 0.3 is 0 Å². The number of fused-ring (bicyclic) bond motifs is 5. The third-order valence-corrected chi connectivity index (χ3v) is 10.1. The van der Waals surface area contributed by atoms with Crippen LogP contribution < -0.4 is 0 Å². The zero-order valence-electron chi connectivity index (χ0n) is 19.3. The average Bonchev–Trinajstić information content (AvgIpc) is 3.03. The molecule has 166 valence electrons. The molecule has 0 spiro atoms. The average molecular weight is 405 g/mol. The maximum Gasteiger partial charge on any atom is 0.0657 e. The van der Waals surface area contributed by atoms with Crippen molar-refractivity contribution < 1.29 is 14.9 Å². The van der Waals surface area contributed by atoms with E-state index < -0.39 is 5.60 Å². The van der Waals surface area contributed by atoms with Crippen molar-refractivity contribution in [2.75, 3.05) is 20.3 Å². The molecule has 0 amide bonds. The molecule has 3 saturated carbocycles. The van der Waals surface area contributed by atoms with E-state index in [0.29, 0.717) is 12.0 Å². The second-order valence-corrected chi connectivity index (χ2v) is 11.7. The Balaban J connectivity index is 1.60. The molecule has 0 bridgehead atoms. The maximum absolute atomic E-state index is 10.8. The first kappa shape index (κ1) is 21.8. The molecule has 0 unspecified atom stereocenters. The zero-order valence-corrected chi connectivity index (χ0v) is 19.3. The molecule has 4 aliphatic rings. The van der Waals surface area contributed by atoms with Gasteiger partial charge in [0.1, 0.15) is 0 Å². The van der Waals surface area contributed by atoms with Crippen molar-refractivity contribution in [1.82, 2.24) is 0 Å². The number of hydrogen-bond acceptors (Lipinski definition) is 3. The Kier molecular flexibility index (Phi) is 5.99. The van der Waals surface area contributed by atoms with Gasteiger partial charge in [0.15, 0.2) is 0 Å². The van der Waals surface area contributed by atoms with Gasteiger partial charge in [-0.05, 0) is 106 Å². The van der Waals surface area contributed by atoms with Gasteiger partial charge in [0.05, 0.1) is 12.2 Å². The SMILES string of the molecule is COC[C@]12CC[C@](C)(O)CC1=CC[C@@H]1[C@@H]2CC[C@]2(C)[C@@H]([C@H](C)CCCO)CC[C@@H]12. The highest BCUT2D eigenvalue weighted by molar-refractivity contribution is 5.28. The number of methoxy groups -OCH3 is 1. The number of hydrogen-bond donors (Lipinski definition) is 2. The fourth-order valence-electron chi connectivity index (χ4n) is 8.73. The fraction of sp³-hybridized carbons (Fsp3) is 0.923. The lowest BCUT2D eigenvalue weighted by atomic mass is 9.46. The molecule has 0 saturated heterocycles. The molecule has 0 aromatic rings. The van der Waals surface area contributed by atoms with E-state index in [1.54, 1.807) is 0 Å². The van der Waals surface area contributed by atoms with Gasteiger partial charge in [0.25, 0.3) is 0 Å². The van der Waals surface area contributed by atoms with Crippen molar-refractivity contribution in [3.63, 3.8) is 0 Å². The normalized spacial score (nSPS) is 47.7.